The highest BCUT2D eigenvalue weighted by Gasteiger charge is 2.03. The quantitative estimate of drug-likeness (QED) is 0.504. The second-order valence-corrected chi connectivity index (χ2v) is 7.03. The SMILES string of the molecule is CC(=O)O.C[Si](C)(C)O. The van der Waals surface area contributed by atoms with Gasteiger partial charge in [0.15, 0.2) is 8.32 Å². The van der Waals surface area contributed by atoms with Crippen LogP contribution >= 0.6 is 0 Å². The first kappa shape index (κ1) is 11.4. The third-order valence-corrected chi connectivity index (χ3v) is 0. The molecule has 0 unspecified atom stereocenters. The van der Waals surface area contributed by atoms with E-state index in [4.69, 9.17) is 14.7 Å². The van der Waals surface area contributed by atoms with E-state index in [9.17, 15) is 0 Å². The summed E-state index contributed by atoms with van der Waals surface area (Å²) in [6.07, 6.45) is 0. The fourth-order valence-corrected chi connectivity index (χ4v) is 0. The van der Waals surface area contributed by atoms with Gasteiger partial charge in [-0.25, -0.2) is 0 Å². The minimum Gasteiger partial charge on any atom is -0.481 e. The highest BCUT2D eigenvalue weighted by Crippen LogP contribution is 1.88. The molecule has 0 bridgehead atoms. The molecule has 9 heavy (non-hydrogen) atoms. The summed E-state index contributed by atoms with van der Waals surface area (Å²) in [5.74, 6) is -0.833. The maximum Gasteiger partial charge on any atom is 0.300 e. The first-order valence-electron chi connectivity index (χ1n) is 2.65. The molecule has 0 rings (SSSR count). The van der Waals surface area contributed by atoms with E-state index < -0.39 is 14.3 Å². The van der Waals surface area contributed by atoms with Gasteiger partial charge in [0.2, 0.25) is 0 Å². The van der Waals surface area contributed by atoms with Gasteiger partial charge in [-0.2, -0.15) is 0 Å². The van der Waals surface area contributed by atoms with Crippen molar-refractivity contribution in [3.8, 4) is 0 Å². The van der Waals surface area contributed by atoms with Crippen molar-refractivity contribution >= 4 is 14.3 Å². The van der Waals surface area contributed by atoms with E-state index in [-0.39, 0.29) is 0 Å². The maximum atomic E-state index is 9.00. The summed E-state index contributed by atoms with van der Waals surface area (Å²) in [5.41, 5.74) is 0. The number of hydrogen-bond acceptors (Lipinski definition) is 2. The van der Waals surface area contributed by atoms with Gasteiger partial charge < -0.3 is 9.90 Å². The van der Waals surface area contributed by atoms with Gasteiger partial charge in [-0.3, -0.25) is 4.79 Å². The van der Waals surface area contributed by atoms with Crippen LogP contribution in [0.4, 0.5) is 0 Å². The van der Waals surface area contributed by atoms with Gasteiger partial charge in [0.1, 0.15) is 0 Å². The topological polar surface area (TPSA) is 57.5 Å². The Kier molecular flexibility index (Phi) is 5.75. The normalized spacial score (nSPS) is 9.44. The zero-order chi connectivity index (χ0) is 8.08. The van der Waals surface area contributed by atoms with Crippen molar-refractivity contribution in [1.82, 2.24) is 0 Å². The van der Waals surface area contributed by atoms with Gasteiger partial charge in [-0.15, -0.1) is 0 Å². The second-order valence-electron chi connectivity index (χ2n) is 2.69. The molecule has 0 fully saturated rings. The second kappa shape index (κ2) is 4.52. The average molecular weight is 150 g/mol. The average Bonchev–Trinajstić information content (AvgIpc) is 1.19. The lowest BCUT2D eigenvalue weighted by Gasteiger charge is -2.00. The lowest BCUT2D eigenvalue weighted by molar-refractivity contribution is -0.134. The summed E-state index contributed by atoms with van der Waals surface area (Å²) < 4.78 is 0. The minimum atomic E-state index is -1.61. The monoisotopic (exact) mass is 150 g/mol. The number of aliphatic carboxylic acids is 1. The van der Waals surface area contributed by atoms with Crippen molar-refractivity contribution in [3.63, 3.8) is 0 Å². The summed E-state index contributed by atoms with van der Waals surface area (Å²) in [7, 11) is -1.61. The van der Waals surface area contributed by atoms with Crippen LogP contribution in [0.1, 0.15) is 6.92 Å². The van der Waals surface area contributed by atoms with Crippen LogP contribution in [0, 0.1) is 0 Å². The smallest absolute Gasteiger partial charge is 0.300 e. The predicted molar refractivity (Wildman–Crippen MR) is 38.9 cm³/mol. The molecule has 0 radical (unpaired) electrons. The fraction of sp³-hybridized carbons (Fsp3) is 0.800. The highest BCUT2D eigenvalue weighted by molar-refractivity contribution is 6.68. The van der Waals surface area contributed by atoms with Crippen molar-refractivity contribution < 1.29 is 14.7 Å². The molecule has 0 saturated carbocycles. The molecule has 0 heterocycles. The minimum absolute atomic E-state index is 0.833. The van der Waals surface area contributed by atoms with Crippen molar-refractivity contribution in [3.05, 3.63) is 0 Å². The fourth-order valence-electron chi connectivity index (χ4n) is 0. The Balaban J connectivity index is 0. The van der Waals surface area contributed by atoms with Crippen LogP contribution < -0.4 is 0 Å². The highest BCUT2D eigenvalue weighted by atomic mass is 28.4. The Bertz CT molecular complexity index is 74.7. The third kappa shape index (κ3) is 1960. The summed E-state index contributed by atoms with van der Waals surface area (Å²) in [6, 6.07) is 0. The summed E-state index contributed by atoms with van der Waals surface area (Å²) >= 11 is 0. The molecule has 0 amide bonds. The van der Waals surface area contributed by atoms with Crippen LogP contribution in [0.5, 0.6) is 0 Å². The molecule has 0 aliphatic heterocycles. The van der Waals surface area contributed by atoms with Crippen LogP contribution in [-0.4, -0.2) is 24.2 Å². The Morgan fingerprint density at radius 2 is 1.33 bits per heavy atom. The molecule has 0 spiro atoms. The number of carbonyl (C=O) groups is 1. The van der Waals surface area contributed by atoms with Crippen LogP contribution in [0.15, 0.2) is 0 Å². The lowest BCUT2D eigenvalue weighted by atomic mass is 10.9. The van der Waals surface area contributed by atoms with Crippen molar-refractivity contribution in [1.29, 1.82) is 0 Å². The molecule has 0 atom stereocenters. The Morgan fingerprint density at radius 1 is 1.33 bits per heavy atom. The van der Waals surface area contributed by atoms with Crippen molar-refractivity contribution in [2.24, 2.45) is 0 Å². The molecular weight excluding hydrogens is 136 g/mol. The number of carboxylic acids is 1. The molecule has 56 valence electrons. The number of rotatable bonds is 0. The molecule has 0 aromatic carbocycles. The molecule has 4 heteroatoms. The van der Waals surface area contributed by atoms with E-state index in [1.165, 1.54) is 0 Å². The van der Waals surface area contributed by atoms with Gasteiger partial charge in [-0.05, 0) is 19.6 Å². The lowest BCUT2D eigenvalue weighted by Crippen LogP contribution is -2.17. The van der Waals surface area contributed by atoms with Crippen molar-refractivity contribution in [2.75, 3.05) is 0 Å². The van der Waals surface area contributed by atoms with Crippen LogP contribution in [0.3, 0.4) is 0 Å². The number of hydrogen-bond donors (Lipinski definition) is 2. The van der Waals surface area contributed by atoms with E-state index in [0.29, 0.717) is 0 Å². The number of carboxylic acid groups (broad SMARTS) is 1. The zero-order valence-corrected chi connectivity index (χ0v) is 7.30. The molecule has 0 aromatic heterocycles. The van der Waals surface area contributed by atoms with Crippen LogP contribution in [0.2, 0.25) is 19.6 Å². The molecule has 0 aliphatic carbocycles. The third-order valence-electron chi connectivity index (χ3n) is 0. The van der Waals surface area contributed by atoms with Crippen LogP contribution in [-0.2, 0) is 4.79 Å². The predicted octanol–water partition coefficient (Wildman–Crippen LogP) is 0.904. The summed E-state index contributed by atoms with van der Waals surface area (Å²) in [6.45, 7) is 6.73. The van der Waals surface area contributed by atoms with Crippen LogP contribution in [0.25, 0.3) is 0 Å². The first-order valence-corrected chi connectivity index (χ1v) is 6.10. The summed E-state index contributed by atoms with van der Waals surface area (Å²) in [5, 5.41) is 7.42. The summed E-state index contributed by atoms with van der Waals surface area (Å²) in [4.78, 5) is 17.7. The first-order chi connectivity index (χ1) is 3.73. The van der Waals surface area contributed by atoms with Gasteiger partial charge in [0, 0.05) is 6.92 Å². The zero-order valence-electron chi connectivity index (χ0n) is 6.30. The van der Waals surface area contributed by atoms with E-state index in [2.05, 4.69) is 0 Å². The van der Waals surface area contributed by atoms with Gasteiger partial charge in [-0.1, -0.05) is 0 Å². The molecule has 0 aliphatic rings. The molecule has 0 saturated heterocycles. The molecule has 2 N–H and O–H groups in total. The molecule has 0 aromatic rings. The largest absolute Gasteiger partial charge is 0.481 e. The molecule has 3 nitrogen and oxygen atoms in total. The van der Waals surface area contributed by atoms with Gasteiger partial charge in [0.25, 0.3) is 5.97 Å². The van der Waals surface area contributed by atoms with E-state index in [1.807, 2.05) is 19.6 Å². The van der Waals surface area contributed by atoms with Gasteiger partial charge in [0.05, 0.1) is 0 Å². The Labute approximate surface area is 56.5 Å². The van der Waals surface area contributed by atoms with E-state index >= 15 is 0 Å². The maximum absolute atomic E-state index is 9.00. The van der Waals surface area contributed by atoms with E-state index in [0.717, 1.165) is 6.92 Å². The Hall–Kier alpha value is -0.353. The van der Waals surface area contributed by atoms with Gasteiger partial charge >= 0.3 is 0 Å². The van der Waals surface area contributed by atoms with Crippen molar-refractivity contribution in [2.45, 2.75) is 26.6 Å². The molecular formula is C5H14O3Si. The Morgan fingerprint density at radius 3 is 1.33 bits per heavy atom. The standard InChI is InChI=1S/C3H10OSi.C2H4O2/c1-5(2,3)4;1-2(3)4/h4H,1-3H3;1H3,(H,3,4). The van der Waals surface area contributed by atoms with E-state index in [1.54, 1.807) is 0 Å².